The first-order chi connectivity index (χ1) is 5.88. The molecule has 1 aromatic rings. The zero-order valence-corrected chi connectivity index (χ0v) is 9.80. The Bertz CT molecular complexity index is 301. The molecule has 1 saturated heterocycles. The number of aromatic amines is 1. The Kier molecular flexibility index (Phi) is 3.85. The van der Waals surface area contributed by atoms with Crippen LogP contribution in [0.1, 0.15) is 18.9 Å². The second kappa shape index (κ2) is 4.70. The van der Waals surface area contributed by atoms with Crippen LogP contribution in [0.15, 0.2) is 4.79 Å². The molecule has 1 fully saturated rings. The van der Waals surface area contributed by atoms with Gasteiger partial charge in [-0.05, 0) is 32.3 Å². The Morgan fingerprint density at radius 1 is 1.46 bits per heavy atom. The van der Waals surface area contributed by atoms with Gasteiger partial charge in [-0.25, -0.2) is 0 Å². The molecule has 0 aromatic carbocycles. The zero-order valence-electron chi connectivity index (χ0n) is 7.09. The second-order valence-corrected chi connectivity index (χ2v) is 2.97. The number of hydrogen-bond donors (Lipinski definition) is 2. The number of nitrogens with one attached hydrogen (secondary N) is 2. The number of hydrogen-bond acceptors (Lipinski definition) is 3. The summed E-state index contributed by atoms with van der Waals surface area (Å²) >= 11 is 0. The number of rotatable bonds is 1. The maximum Gasteiger partial charge on any atom is 0.181 e. The van der Waals surface area contributed by atoms with Crippen molar-refractivity contribution in [2.24, 2.45) is 0 Å². The SMILES string of the molecule is O=c1[nH][c-]nn1C1CCNCC1.[Re]. The molecule has 2 rings (SSSR count). The summed E-state index contributed by atoms with van der Waals surface area (Å²) in [4.78, 5) is 13.5. The smallest absolute Gasteiger partial charge is 0.181 e. The van der Waals surface area contributed by atoms with Crippen molar-refractivity contribution in [2.45, 2.75) is 18.9 Å². The van der Waals surface area contributed by atoms with E-state index in [1.165, 1.54) is 4.68 Å². The Morgan fingerprint density at radius 2 is 2.15 bits per heavy atom. The van der Waals surface area contributed by atoms with Gasteiger partial charge in [0.25, 0.3) is 0 Å². The monoisotopic (exact) mass is 354 g/mol. The average Bonchev–Trinajstić information content (AvgIpc) is 2.53. The van der Waals surface area contributed by atoms with Gasteiger partial charge in [-0.1, -0.05) is 0 Å². The maximum absolute atomic E-state index is 11.1. The minimum atomic E-state index is -0.151. The van der Waals surface area contributed by atoms with Crippen molar-refractivity contribution in [2.75, 3.05) is 13.1 Å². The molecule has 0 unspecified atom stereocenters. The van der Waals surface area contributed by atoms with Crippen molar-refractivity contribution in [3.63, 3.8) is 0 Å². The van der Waals surface area contributed by atoms with E-state index in [2.05, 4.69) is 21.7 Å². The number of piperidine rings is 1. The van der Waals surface area contributed by atoms with E-state index in [4.69, 9.17) is 0 Å². The third-order valence-electron chi connectivity index (χ3n) is 2.18. The van der Waals surface area contributed by atoms with Crippen LogP contribution >= 0.6 is 0 Å². The summed E-state index contributed by atoms with van der Waals surface area (Å²) in [6.45, 7) is 1.92. The van der Waals surface area contributed by atoms with E-state index in [0.29, 0.717) is 0 Å². The van der Waals surface area contributed by atoms with Crippen molar-refractivity contribution >= 4 is 0 Å². The molecule has 1 radical (unpaired) electrons. The Labute approximate surface area is 89.6 Å². The molecular formula is C7H11N4ORe-. The van der Waals surface area contributed by atoms with Gasteiger partial charge in [0, 0.05) is 26.5 Å². The van der Waals surface area contributed by atoms with E-state index in [1.807, 2.05) is 0 Å². The van der Waals surface area contributed by atoms with Crippen LogP contribution in [0.5, 0.6) is 0 Å². The van der Waals surface area contributed by atoms with Crippen LogP contribution in [0.25, 0.3) is 0 Å². The summed E-state index contributed by atoms with van der Waals surface area (Å²) in [5.74, 6) is 0. The maximum atomic E-state index is 11.1. The molecule has 0 amide bonds. The fourth-order valence-electron chi connectivity index (χ4n) is 1.53. The van der Waals surface area contributed by atoms with Gasteiger partial charge in [-0.3, -0.25) is 5.10 Å². The van der Waals surface area contributed by atoms with Crippen molar-refractivity contribution in [1.82, 2.24) is 20.1 Å². The minimum absolute atomic E-state index is 0. The standard InChI is InChI=1S/C7H11N4O.Re/c12-7-9-5-10-11(7)6-1-3-8-4-2-6;/h6,8H,1-4H2,(H,9,10,12);/q-1;. The molecule has 73 valence electrons. The molecule has 1 aliphatic heterocycles. The van der Waals surface area contributed by atoms with Gasteiger partial charge in [0.05, 0.1) is 0 Å². The second-order valence-electron chi connectivity index (χ2n) is 2.97. The average molecular weight is 353 g/mol. The fourth-order valence-corrected chi connectivity index (χ4v) is 1.53. The number of H-pyrrole nitrogens is 1. The summed E-state index contributed by atoms with van der Waals surface area (Å²) in [5.41, 5.74) is -0.151. The third kappa shape index (κ3) is 2.27. The van der Waals surface area contributed by atoms with Crippen LogP contribution in [0, 0.1) is 6.33 Å². The molecule has 2 N–H and O–H groups in total. The van der Waals surface area contributed by atoms with Crippen LogP contribution in [-0.4, -0.2) is 27.9 Å². The topological polar surface area (TPSA) is 62.7 Å². The van der Waals surface area contributed by atoms with Gasteiger partial charge in [0.15, 0.2) is 5.69 Å². The first-order valence-electron chi connectivity index (χ1n) is 4.13. The molecule has 1 aliphatic rings. The van der Waals surface area contributed by atoms with Gasteiger partial charge in [-0.15, -0.1) is 0 Å². The van der Waals surface area contributed by atoms with Gasteiger partial charge in [0.1, 0.15) is 0 Å². The largest absolute Gasteiger partial charge is 0.459 e. The molecule has 5 nitrogen and oxygen atoms in total. The first-order valence-corrected chi connectivity index (χ1v) is 4.13. The van der Waals surface area contributed by atoms with Crippen LogP contribution in [-0.2, 0) is 20.4 Å². The fraction of sp³-hybridized carbons (Fsp3) is 0.714. The quantitative estimate of drug-likeness (QED) is 0.656. The van der Waals surface area contributed by atoms with E-state index >= 15 is 0 Å². The normalized spacial score (nSPS) is 18.2. The molecule has 0 aliphatic carbocycles. The minimum Gasteiger partial charge on any atom is -0.459 e. The molecule has 2 heterocycles. The summed E-state index contributed by atoms with van der Waals surface area (Å²) in [6.07, 6.45) is 4.39. The predicted molar refractivity (Wildman–Crippen MR) is 42.8 cm³/mol. The molecular weight excluding hydrogens is 342 g/mol. The van der Waals surface area contributed by atoms with Gasteiger partial charge >= 0.3 is 0 Å². The number of nitrogens with zero attached hydrogens (tertiary/aromatic N) is 2. The molecule has 0 atom stereocenters. The molecule has 1 aromatic heterocycles. The van der Waals surface area contributed by atoms with Crippen molar-refractivity contribution in [1.29, 1.82) is 0 Å². The van der Waals surface area contributed by atoms with Gasteiger partial charge in [0.2, 0.25) is 0 Å². The van der Waals surface area contributed by atoms with Crippen LogP contribution in [0.2, 0.25) is 0 Å². The van der Waals surface area contributed by atoms with E-state index in [9.17, 15) is 4.79 Å². The Balaban J connectivity index is 0.000000845. The first kappa shape index (κ1) is 10.6. The van der Waals surface area contributed by atoms with Crippen LogP contribution in [0.3, 0.4) is 0 Å². The van der Waals surface area contributed by atoms with Crippen LogP contribution < -0.4 is 11.0 Å². The molecule has 13 heavy (non-hydrogen) atoms. The molecule has 0 saturated carbocycles. The Morgan fingerprint density at radius 3 is 2.69 bits per heavy atom. The van der Waals surface area contributed by atoms with Crippen molar-refractivity contribution in [3.05, 3.63) is 16.8 Å². The zero-order chi connectivity index (χ0) is 8.39. The summed E-state index contributed by atoms with van der Waals surface area (Å²) < 4.78 is 1.49. The van der Waals surface area contributed by atoms with E-state index < -0.39 is 0 Å². The third-order valence-corrected chi connectivity index (χ3v) is 2.18. The number of aromatic nitrogens is 3. The molecule has 0 bridgehead atoms. The van der Waals surface area contributed by atoms with Crippen molar-refractivity contribution in [3.8, 4) is 0 Å². The van der Waals surface area contributed by atoms with Gasteiger partial charge < -0.3 is 19.8 Å². The van der Waals surface area contributed by atoms with Gasteiger partial charge in [-0.2, -0.15) is 0 Å². The van der Waals surface area contributed by atoms with E-state index in [-0.39, 0.29) is 32.2 Å². The van der Waals surface area contributed by atoms with E-state index in [1.54, 1.807) is 0 Å². The summed E-state index contributed by atoms with van der Waals surface area (Å²) in [7, 11) is 0. The molecule has 0 spiro atoms. The van der Waals surface area contributed by atoms with E-state index in [0.717, 1.165) is 25.9 Å². The predicted octanol–water partition coefficient (Wildman–Crippen LogP) is -0.706. The Hall–Kier alpha value is -0.438. The molecule has 6 heteroatoms. The summed E-state index contributed by atoms with van der Waals surface area (Å²) in [6, 6.07) is 0.251. The van der Waals surface area contributed by atoms with Crippen LogP contribution in [0.4, 0.5) is 0 Å². The van der Waals surface area contributed by atoms with Crippen molar-refractivity contribution < 1.29 is 20.4 Å². The summed E-state index contributed by atoms with van der Waals surface area (Å²) in [5, 5.41) is 7.07.